The molecule has 0 aromatic heterocycles. The Balaban J connectivity index is 1.58. The van der Waals surface area contributed by atoms with E-state index in [1.807, 2.05) is 11.0 Å². The summed E-state index contributed by atoms with van der Waals surface area (Å²) in [6, 6.07) is 13.1. The van der Waals surface area contributed by atoms with Crippen molar-refractivity contribution in [2.75, 3.05) is 24.6 Å². The number of imide groups is 1. The van der Waals surface area contributed by atoms with Crippen LogP contribution < -0.4 is 10.2 Å². The summed E-state index contributed by atoms with van der Waals surface area (Å²) in [5.74, 6) is -2.16. The largest absolute Gasteiger partial charge is 0.452 e. The number of carbonyl (C=O) groups excluding carboxylic acids is 3. The van der Waals surface area contributed by atoms with Gasteiger partial charge in [-0.2, -0.15) is 0 Å². The molecule has 32 heavy (non-hydrogen) atoms. The highest BCUT2D eigenvalue weighted by atomic mass is 16.6. The lowest BCUT2D eigenvalue weighted by atomic mass is 10.1. The number of nitrogens with zero attached hydrogens (tertiary/aromatic N) is 2. The monoisotopic (exact) mass is 439 g/mol. The molecule has 2 amide bonds. The summed E-state index contributed by atoms with van der Waals surface area (Å²) in [7, 11) is 0. The summed E-state index contributed by atoms with van der Waals surface area (Å²) in [5.41, 5.74) is 1.01. The van der Waals surface area contributed by atoms with Gasteiger partial charge in [0.15, 0.2) is 6.61 Å². The van der Waals surface area contributed by atoms with Crippen molar-refractivity contribution in [2.24, 2.45) is 0 Å². The van der Waals surface area contributed by atoms with Gasteiger partial charge in [-0.1, -0.05) is 43.2 Å². The molecule has 0 saturated carbocycles. The van der Waals surface area contributed by atoms with Crippen LogP contribution in [-0.2, 0) is 20.7 Å². The fraction of sp³-hybridized carbons (Fsp3) is 0.348. The number of benzene rings is 2. The zero-order chi connectivity index (χ0) is 22.9. The van der Waals surface area contributed by atoms with E-state index in [1.165, 1.54) is 12.1 Å². The lowest BCUT2D eigenvalue weighted by Crippen LogP contribution is -2.35. The number of carbonyl (C=O) groups is 3. The number of anilines is 1. The van der Waals surface area contributed by atoms with Gasteiger partial charge in [-0.05, 0) is 30.5 Å². The number of rotatable bonds is 7. The Kier molecular flexibility index (Phi) is 7.91. The number of ether oxygens (including phenoxy) is 1. The second kappa shape index (κ2) is 11.0. The molecule has 0 radical (unpaired) electrons. The third-order valence-electron chi connectivity index (χ3n) is 5.18. The number of amides is 2. The lowest BCUT2D eigenvalue weighted by molar-refractivity contribution is -0.384. The SMILES string of the molecule is O=C(COC(=O)c1ccc(N2CCCCCC2)c([N+](=O)[O-])c1)NC(=O)Cc1ccccc1. The van der Waals surface area contributed by atoms with Gasteiger partial charge in [-0.3, -0.25) is 25.0 Å². The molecule has 9 heteroatoms. The van der Waals surface area contributed by atoms with Crippen LogP contribution in [0, 0.1) is 10.1 Å². The third kappa shape index (κ3) is 6.37. The third-order valence-corrected chi connectivity index (χ3v) is 5.18. The number of hydrogen-bond acceptors (Lipinski definition) is 7. The zero-order valence-electron chi connectivity index (χ0n) is 17.6. The fourth-order valence-electron chi connectivity index (χ4n) is 3.61. The molecule has 2 aromatic rings. The number of nitro benzene ring substituents is 1. The quantitative estimate of drug-likeness (QED) is 0.400. The molecule has 3 rings (SSSR count). The van der Waals surface area contributed by atoms with Gasteiger partial charge in [0.25, 0.3) is 11.6 Å². The maximum absolute atomic E-state index is 12.3. The van der Waals surface area contributed by atoms with Crippen molar-refractivity contribution in [1.82, 2.24) is 5.32 Å². The maximum atomic E-state index is 12.3. The van der Waals surface area contributed by atoms with Crippen LogP contribution in [0.25, 0.3) is 0 Å². The first-order valence-electron chi connectivity index (χ1n) is 10.5. The Morgan fingerprint density at radius 3 is 2.31 bits per heavy atom. The first-order chi connectivity index (χ1) is 15.4. The molecule has 1 fully saturated rings. The Bertz CT molecular complexity index is 984. The molecule has 1 N–H and O–H groups in total. The molecule has 1 aliphatic heterocycles. The van der Waals surface area contributed by atoms with Gasteiger partial charge in [0.1, 0.15) is 5.69 Å². The van der Waals surface area contributed by atoms with E-state index in [2.05, 4.69) is 5.32 Å². The molecule has 0 bridgehead atoms. The van der Waals surface area contributed by atoms with Gasteiger partial charge in [-0.25, -0.2) is 4.79 Å². The van der Waals surface area contributed by atoms with Crippen molar-refractivity contribution >= 4 is 29.2 Å². The normalized spacial score (nSPS) is 13.7. The average molecular weight is 439 g/mol. The van der Waals surface area contributed by atoms with E-state index in [0.717, 1.165) is 44.3 Å². The summed E-state index contributed by atoms with van der Waals surface area (Å²) in [5, 5.41) is 13.7. The first kappa shape index (κ1) is 22.9. The molecule has 1 aliphatic rings. The van der Waals surface area contributed by atoms with E-state index in [4.69, 9.17) is 4.74 Å². The Labute approximate surface area is 185 Å². The van der Waals surface area contributed by atoms with E-state index < -0.39 is 29.3 Å². The van der Waals surface area contributed by atoms with E-state index >= 15 is 0 Å². The number of nitro groups is 1. The topological polar surface area (TPSA) is 119 Å². The highest BCUT2D eigenvalue weighted by Crippen LogP contribution is 2.31. The fourth-order valence-corrected chi connectivity index (χ4v) is 3.61. The van der Waals surface area contributed by atoms with Crippen LogP contribution in [-0.4, -0.2) is 42.4 Å². The lowest BCUT2D eigenvalue weighted by Gasteiger charge is -2.22. The molecular formula is C23H25N3O6. The minimum absolute atomic E-state index is 0.0185. The van der Waals surface area contributed by atoms with Gasteiger partial charge in [0.05, 0.1) is 16.9 Å². The molecule has 9 nitrogen and oxygen atoms in total. The predicted octanol–water partition coefficient (Wildman–Crippen LogP) is 3.02. The number of nitrogens with one attached hydrogen (secondary N) is 1. The molecule has 0 atom stereocenters. The van der Waals surface area contributed by atoms with Gasteiger partial charge in [0, 0.05) is 19.2 Å². The van der Waals surface area contributed by atoms with Crippen molar-refractivity contribution < 1.29 is 24.0 Å². The first-order valence-corrected chi connectivity index (χ1v) is 10.5. The van der Waals surface area contributed by atoms with Crippen molar-refractivity contribution in [3.05, 3.63) is 69.8 Å². The van der Waals surface area contributed by atoms with Crippen LogP contribution in [0.3, 0.4) is 0 Å². The van der Waals surface area contributed by atoms with Crippen molar-refractivity contribution in [1.29, 1.82) is 0 Å². The zero-order valence-corrected chi connectivity index (χ0v) is 17.6. The average Bonchev–Trinajstić information content (AvgIpc) is 3.07. The molecule has 1 saturated heterocycles. The Hall–Kier alpha value is -3.75. The molecule has 0 aliphatic carbocycles. The minimum atomic E-state index is -0.874. The minimum Gasteiger partial charge on any atom is -0.452 e. The summed E-state index contributed by atoms with van der Waals surface area (Å²) in [4.78, 5) is 49.2. The van der Waals surface area contributed by atoms with E-state index in [1.54, 1.807) is 30.3 Å². The van der Waals surface area contributed by atoms with Crippen molar-refractivity contribution in [2.45, 2.75) is 32.1 Å². The summed E-state index contributed by atoms with van der Waals surface area (Å²) < 4.78 is 4.94. The van der Waals surface area contributed by atoms with Gasteiger partial charge in [-0.15, -0.1) is 0 Å². The molecule has 1 heterocycles. The van der Waals surface area contributed by atoms with Gasteiger partial charge in [0.2, 0.25) is 5.91 Å². The van der Waals surface area contributed by atoms with E-state index in [-0.39, 0.29) is 17.7 Å². The molecule has 168 valence electrons. The van der Waals surface area contributed by atoms with Crippen LogP contribution in [0.2, 0.25) is 0 Å². The second-order valence-corrected chi connectivity index (χ2v) is 7.57. The van der Waals surface area contributed by atoms with Crippen molar-refractivity contribution in [3.8, 4) is 0 Å². The Morgan fingerprint density at radius 2 is 1.66 bits per heavy atom. The number of hydrogen-bond donors (Lipinski definition) is 1. The summed E-state index contributed by atoms with van der Waals surface area (Å²) >= 11 is 0. The highest BCUT2D eigenvalue weighted by Gasteiger charge is 2.23. The molecule has 2 aromatic carbocycles. The highest BCUT2D eigenvalue weighted by molar-refractivity contribution is 5.98. The number of esters is 1. The summed E-state index contributed by atoms with van der Waals surface area (Å²) in [6.07, 6.45) is 4.11. The van der Waals surface area contributed by atoms with Gasteiger partial charge < -0.3 is 9.64 Å². The predicted molar refractivity (Wildman–Crippen MR) is 117 cm³/mol. The van der Waals surface area contributed by atoms with Crippen LogP contribution in [0.1, 0.15) is 41.6 Å². The molecule has 0 unspecified atom stereocenters. The van der Waals surface area contributed by atoms with Gasteiger partial charge >= 0.3 is 5.97 Å². The molecule has 0 spiro atoms. The van der Waals surface area contributed by atoms with E-state index in [0.29, 0.717) is 5.69 Å². The molecular weight excluding hydrogens is 414 g/mol. The van der Waals surface area contributed by atoms with Crippen LogP contribution >= 0.6 is 0 Å². The standard InChI is InChI=1S/C23H25N3O6/c27-21(14-17-8-4-3-5-9-17)24-22(28)16-32-23(29)18-10-11-19(20(15-18)26(30)31)25-12-6-1-2-7-13-25/h3-5,8-11,15H,1-2,6-7,12-14,16H2,(H,24,27,28). The van der Waals surface area contributed by atoms with Crippen LogP contribution in [0.5, 0.6) is 0 Å². The second-order valence-electron chi connectivity index (χ2n) is 7.57. The Morgan fingerprint density at radius 1 is 0.969 bits per heavy atom. The smallest absolute Gasteiger partial charge is 0.338 e. The van der Waals surface area contributed by atoms with E-state index in [9.17, 15) is 24.5 Å². The van der Waals surface area contributed by atoms with Crippen LogP contribution in [0.4, 0.5) is 11.4 Å². The van der Waals surface area contributed by atoms with Crippen molar-refractivity contribution in [3.63, 3.8) is 0 Å². The summed E-state index contributed by atoms with van der Waals surface area (Å²) in [6.45, 7) is 0.782. The maximum Gasteiger partial charge on any atom is 0.338 e. The van der Waals surface area contributed by atoms with Crippen LogP contribution in [0.15, 0.2) is 48.5 Å².